The molecule has 0 amide bonds. The molecule has 20 heavy (non-hydrogen) atoms. The second-order valence-electron chi connectivity index (χ2n) is 4.13. The van der Waals surface area contributed by atoms with Crippen LogP contribution in [0.3, 0.4) is 0 Å². The largest absolute Gasteiger partial charge is 0.416 e. The van der Waals surface area contributed by atoms with E-state index in [1.165, 1.54) is 24.4 Å². The highest BCUT2D eigenvalue weighted by Crippen LogP contribution is 2.29. The molecular formula is C14H9ClF3NO. The first kappa shape index (κ1) is 14.5. The molecule has 0 fully saturated rings. The Hall–Kier alpha value is -1.88. The van der Waals surface area contributed by atoms with Crippen molar-refractivity contribution in [3.8, 4) is 0 Å². The summed E-state index contributed by atoms with van der Waals surface area (Å²) in [4.78, 5) is 15.8. The fourth-order valence-corrected chi connectivity index (χ4v) is 1.90. The van der Waals surface area contributed by atoms with Crippen molar-refractivity contribution in [2.75, 3.05) is 0 Å². The molecule has 6 heteroatoms. The number of benzene rings is 1. The summed E-state index contributed by atoms with van der Waals surface area (Å²) in [7, 11) is 0. The van der Waals surface area contributed by atoms with Crippen LogP contribution in [-0.4, -0.2) is 10.8 Å². The van der Waals surface area contributed by atoms with Gasteiger partial charge in [0.05, 0.1) is 10.6 Å². The number of nitrogens with zero attached hydrogens (tertiary/aromatic N) is 1. The summed E-state index contributed by atoms with van der Waals surface area (Å²) in [6.07, 6.45) is -2.99. The lowest BCUT2D eigenvalue weighted by atomic mass is 10.0. The van der Waals surface area contributed by atoms with Crippen molar-refractivity contribution in [1.82, 2.24) is 4.98 Å². The number of carbonyl (C=O) groups excluding carboxylic acids is 1. The lowest BCUT2D eigenvalue weighted by molar-refractivity contribution is -0.137. The van der Waals surface area contributed by atoms with Gasteiger partial charge in [0, 0.05) is 12.6 Å². The summed E-state index contributed by atoms with van der Waals surface area (Å²) in [5.74, 6) is -0.338. The molecule has 0 radical (unpaired) electrons. The first-order chi connectivity index (χ1) is 9.38. The van der Waals surface area contributed by atoms with Gasteiger partial charge < -0.3 is 0 Å². The van der Waals surface area contributed by atoms with E-state index in [4.69, 9.17) is 11.6 Å². The number of rotatable bonds is 3. The minimum atomic E-state index is -4.38. The van der Waals surface area contributed by atoms with E-state index >= 15 is 0 Å². The number of alkyl halides is 3. The van der Waals surface area contributed by atoms with Crippen molar-refractivity contribution in [3.63, 3.8) is 0 Å². The van der Waals surface area contributed by atoms with Gasteiger partial charge in [-0.05, 0) is 29.8 Å². The van der Waals surface area contributed by atoms with Gasteiger partial charge in [-0.1, -0.05) is 23.7 Å². The van der Waals surface area contributed by atoms with Gasteiger partial charge in [-0.2, -0.15) is 13.2 Å². The zero-order valence-electron chi connectivity index (χ0n) is 10.1. The first-order valence-electron chi connectivity index (χ1n) is 5.68. The van der Waals surface area contributed by atoms with Crippen LogP contribution in [0, 0.1) is 0 Å². The second-order valence-corrected chi connectivity index (χ2v) is 4.54. The van der Waals surface area contributed by atoms with E-state index in [1.54, 1.807) is 6.07 Å². The fraction of sp³-hybridized carbons (Fsp3) is 0.143. The van der Waals surface area contributed by atoms with E-state index in [9.17, 15) is 18.0 Å². The first-order valence-corrected chi connectivity index (χ1v) is 6.05. The Morgan fingerprint density at radius 2 is 1.80 bits per heavy atom. The quantitative estimate of drug-likeness (QED) is 0.796. The Labute approximate surface area is 118 Å². The minimum absolute atomic E-state index is 0.0468. The van der Waals surface area contributed by atoms with E-state index in [-0.39, 0.29) is 22.9 Å². The van der Waals surface area contributed by atoms with Gasteiger partial charge in [-0.25, -0.2) is 0 Å². The topological polar surface area (TPSA) is 30.0 Å². The molecule has 0 aliphatic heterocycles. The molecule has 0 aliphatic rings. The molecule has 0 aliphatic carbocycles. The van der Waals surface area contributed by atoms with Crippen LogP contribution >= 0.6 is 11.6 Å². The predicted octanol–water partition coefficient (Wildman–Crippen LogP) is 4.18. The van der Waals surface area contributed by atoms with Crippen LogP contribution < -0.4 is 0 Å². The average molecular weight is 300 g/mol. The highest BCUT2D eigenvalue weighted by Gasteiger charge is 2.30. The summed E-state index contributed by atoms with van der Waals surface area (Å²) >= 11 is 5.84. The molecule has 0 unspecified atom stereocenters. The van der Waals surface area contributed by atoms with Gasteiger partial charge in [0.2, 0.25) is 0 Å². The number of pyridine rings is 1. The van der Waals surface area contributed by atoms with Crippen LogP contribution in [0.2, 0.25) is 5.02 Å². The minimum Gasteiger partial charge on any atom is -0.292 e. The van der Waals surface area contributed by atoms with Crippen molar-refractivity contribution in [3.05, 3.63) is 64.4 Å². The number of Topliss-reactive ketones (excluding diaryl/α,β-unsaturated/α-hetero) is 1. The molecule has 1 heterocycles. The standard InChI is InChI=1S/C14H9ClF3NO/c15-11-2-1-7-19-13(11)12(20)8-9-3-5-10(6-4-9)14(16,17)18/h1-7H,8H2. The van der Waals surface area contributed by atoms with E-state index < -0.39 is 11.7 Å². The molecule has 2 nitrogen and oxygen atoms in total. The SMILES string of the molecule is O=C(Cc1ccc(C(F)(F)F)cc1)c1ncccc1Cl. The molecule has 0 N–H and O–H groups in total. The van der Waals surface area contributed by atoms with Crippen molar-refractivity contribution in [1.29, 1.82) is 0 Å². The van der Waals surface area contributed by atoms with Crippen LogP contribution in [0.5, 0.6) is 0 Å². The Balaban J connectivity index is 2.15. The lowest BCUT2D eigenvalue weighted by Gasteiger charge is -2.07. The van der Waals surface area contributed by atoms with Crippen molar-refractivity contribution < 1.29 is 18.0 Å². The maximum absolute atomic E-state index is 12.4. The van der Waals surface area contributed by atoms with Gasteiger partial charge in [-0.3, -0.25) is 9.78 Å². The highest BCUT2D eigenvalue weighted by molar-refractivity contribution is 6.33. The highest BCUT2D eigenvalue weighted by atomic mass is 35.5. The van der Waals surface area contributed by atoms with E-state index in [1.807, 2.05) is 0 Å². The van der Waals surface area contributed by atoms with Crippen LogP contribution in [0.15, 0.2) is 42.6 Å². The molecule has 2 rings (SSSR count). The molecule has 0 saturated heterocycles. The molecule has 1 aromatic heterocycles. The zero-order chi connectivity index (χ0) is 14.8. The average Bonchev–Trinajstić information content (AvgIpc) is 2.38. The molecule has 2 aromatic rings. The Bertz CT molecular complexity index is 623. The third kappa shape index (κ3) is 3.36. The van der Waals surface area contributed by atoms with Gasteiger partial charge in [0.1, 0.15) is 5.69 Å². The summed E-state index contributed by atoms with van der Waals surface area (Å²) in [6, 6.07) is 7.58. The number of hydrogen-bond donors (Lipinski definition) is 0. The van der Waals surface area contributed by atoms with Gasteiger partial charge >= 0.3 is 6.18 Å². The monoisotopic (exact) mass is 299 g/mol. The van der Waals surface area contributed by atoms with Crippen molar-refractivity contribution in [2.45, 2.75) is 12.6 Å². The number of carbonyl (C=O) groups is 1. The van der Waals surface area contributed by atoms with Crippen LogP contribution in [-0.2, 0) is 12.6 Å². The van der Waals surface area contributed by atoms with Crippen LogP contribution in [0.4, 0.5) is 13.2 Å². The zero-order valence-corrected chi connectivity index (χ0v) is 10.9. The van der Waals surface area contributed by atoms with Gasteiger partial charge in [0.15, 0.2) is 5.78 Å². The number of halogens is 4. The summed E-state index contributed by atoms with van der Waals surface area (Å²) in [6.45, 7) is 0. The molecule has 1 aromatic carbocycles. The summed E-state index contributed by atoms with van der Waals surface area (Å²) in [5.41, 5.74) is -0.150. The van der Waals surface area contributed by atoms with E-state index in [2.05, 4.69) is 4.98 Å². The maximum Gasteiger partial charge on any atom is 0.416 e. The Morgan fingerprint density at radius 3 is 2.35 bits per heavy atom. The molecular weight excluding hydrogens is 291 g/mol. The number of hydrogen-bond acceptors (Lipinski definition) is 2. The Morgan fingerprint density at radius 1 is 1.15 bits per heavy atom. The normalized spacial score (nSPS) is 11.4. The molecule has 0 bridgehead atoms. The molecule has 0 saturated carbocycles. The molecule has 0 spiro atoms. The molecule has 0 atom stereocenters. The predicted molar refractivity (Wildman–Crippen MR) is 68.7 cm³/mol. The van der Waals surface area contributed by atoms with Gasteiger partial charge in [-0.15, -0.1) is 0 Å². The van der Waals surface area contributed by atoms with Gasteiger partial charge in [0.25, 0.3) is 0 Å². The molecule has 104 valence electrons. The Kier molecular flexibility index (Phi) is 4.09. The smallest absolute Gasteiger partial charge is 0.292 e. The number of ketones is 1. The third-order valence-corrected chi connectivity index (χ3v) is 2.97. The van der Waals surface area contributed by atoms with E-state index in [0.717, 1.165) is 12.1 Å². The van der Waals surface area contributed by atoms with Crippen molar-refractivity contribution in [2.24, 2.45) is 0 Å². The summed E-state index contributed by atoms with van der Waals surface area (Å²) in [5, 5.41) is 0.226. The maximum atomic E-state index is 12.4. The summed E-state index contributed by atoms with van der Waals surface area (Å²) < 4.78 is 37.2. The lowest BCUT2D eigenvalue weighted by Crippen LogP contribution is -2.08. The third-order valence-electron chi connectivity index (χ3n) is 2.67. The van der Waals surface area contributed by atoms with Crippen molar-refractivity contribution >= 4 is 17.4 Å². The number of aromatic nitrogens is 1. The van der Waals surface area contributed by atoms with Crippen LogP contribution in [0.1, 0.15) is 21.6 Å². The second kappa shape index (κ2) is 5.63. The van der Waals surface area contributed by atoms with E-state index in [0.29, 0.717) is 5.56 Å². The fourth-order valence-electron chi connectivity index (χ4n) is 1.67. The van der Waals surface area contributed by atoms with Crippen LogP contribution in [0.25, 0.3) is 0 Å².